The molecule has 2 aromatic carbocycles. The van der Waals surface area contributed by atoms with Gasteiger partial charge in [0.05, 0.1) is 112 Å². The van der Waals surface area contributed by atoms with E-state index in [9.17, 15) is 4.79 Å². The smallest absolute Gasteiger partial charge is 0.337 e. The first-order valence-corrected chi connectivity index (χ1v) is 22.4. The molecule has 0 spiro atoms. The van der Waals surface area contributed by atoms with E-state index in [2.05, 4.69) is 53.4 Å². The Morgan fingerprint density at radius 3 is 1.45 bits per heavy atom. The molecule has 0 saturated carbocycles. The molecule has 340 valence electrons. The summed E-state index contributed by atoms with van der Waals surface area (Å²) in [5, 5.41) is 1.85. The number of nitrogens with zero attached hydrogens (tertiary/aromatic N) is 10. The summed E-state index contributed by atoms with van der Waals surface area (Å²) in [5.74, 6) is 2.78. The number of methoxy groups -OCH3 is 1. The lowest BCUT2D eigenvalue weighted by Gasteiger charge is -2.37. The maximum absolute atomic E-state index is 12.0. The van der Waals surface area contributed by atoms with E-state index in [1.165, 1.54) is 7.11 Å². The summed E-state index contributed by atoms with van der Waals surface area (Å²) in [7, 11) is 1.38. The van der Waals surface area contributed by atoms with E-state index in [1.807, 2.05) is 54.6 Å². The van der Waals surface area contributed by atoms with Crippen molar-refractivity contribution in [3.63, 3.8) is 0 Å². The molecule has 0 unspecified atom stereocenters. The number of rotatable bonds is 7. The van der Waals surface area contributed by atoms with E-state index < -0.39 is 0 Å². The minimum absolute atomic E-state index is 0.168. The fraction of sp³-hybridized carbons (Fsp3) is 0.438. The first-order chi connectivity index (χ1) is 31.6. The van der Waals surface area contributed by atoms with E-state index >= 15 is 0 Å². The average molecular weight is 884 g/mol. The highest BCUT2D eigenvalue weighted by Crippen LogP contribution is 2.33. The normalized spacial score (nSPS) is 21.6. The van der Waals surface area contributed by atoms with Crippen LogP contribution in [0.5, 0.6) is 0 Å². The molecular formula is C48H57N11O6. The summed E-state index contributed by atoms with van der Waals surface area (Å²) in [6.07, 6.45) is 0. The van der Waals surface area contributed by atoms with Gasteiger partial charge in [-0.05, 0) is 76.2 Å². The third-order valence-electron chi connectivity index (χ3n) is 12.4. The zero-order valence-corrected chi connectivity index (χ0v) is 37.7. The van der Waals surface area contributed by atoms with Crippen LogP contribution in [0, 0.1) is 0 Å². The molecule has 4 fully saturated rings. The molecule has 4 aliphatic heterocycles. The predicted molar refractivity (Wildman–Crippen MR) is 252 cm³/mol. The Labute approximate surface area is 378 Å². The van der Waals surface area contributed by atoms with Crippen LogP contribution in [0.1, 0.15) is 38.1 Å². The number of hydrogen-bond acceptors (Lipinski definition) is 17. The molecule has 4 aromatic heterocycles. The lowest BCUT2D eigenvalue weighted by Crippen LogP contribution is -2.46. The molecule has 0 radical (unpaired) electrons. The molecule has 2 N–H and O–H groups in total. The number of nitrogens with two attached hydrogens (primary N) is 1. The summed E-state index contributed by atoms with van der Waals surface area (Å²) < 4.78 is 27.4. The topological polar surface area (TPSA) is 180 Å². The van der Waals surface area contributed by atoms with Gasteiger partial charge in [0, 0.05) is 43.0 Å². The van der Waals surface area contributed by atoms with Crippen molar-refractivity contribution < 1.29 is 28.5 Å². The number of hydrogen-bond donors (Lipinski definition) is 1. The van der Waals surface area contributed by atoms with E-state index in [4.69, 9.17) is 59.3 Å². The van der Waals surface area contributed by atoms with Gasteiger partial charge in [-0.3, -0.25) is 0 Å². The summed E-state index contributed by atoms with van der Waals surface area (Å²) in [6.45, 7) is 16.9. The second-order valence-electron chi connectivity index (χ2n) is 17.0. The van der Waals surface area contributed by atoms with Crippen molar-refractivity contribution in [1.82, 2.24) is 29.9 Å². The van der Waals surface area contributed by atoms with Gasteiger partial charge in [-0.25, -0.2) is 14.8 Å². The van der Waals surface area contributed by atoms with Crippen LogP contribution >= 0.6 is 0 Å². The standard InChI is InChI=1S/C25H29N5O4.C23H28N6O2/c1-16-14-33-11-9-29(16)23-20-7-8-21(18-5-4-6-19(13-18)24(31)32-3)26-22(20)27-25(28-23)30-10-12-34-15-17(30)2;1-15-13-30-11-9-28(15)22-19-7-8-20(17-3-5-18(24)6-4-17)25-21(19)26-23(27-22)29-10-12-31-14-16(29)2/h4-8,13,16-17H,9-12,14-15H2,1-3H3;3-8,15-16H,9-14,24H2,1-2H3/t16-,17-;15-,16-/m00/s1. The van der Waals surface area contributed by atoms with Gasteiger partial charge in [0.1, 0.15) is 11.6 Å². The Morgan fingerprint density at radius 1 is 0.554 bits per heavy atom. The van der Waals surface area contributed by atoms with Crippen LogP contribution in [-0.2, 0) is 23.7 Å². The number of fused-ring (bicyclic) bond motifs is 2. The van der Waals surface area contributed by atoms with Crippen molar-refractivity contribution >= 4 is 57.3 Å². The van der Waals surface area contributed by atoms with Crippen molar-refractivity contribution in [3.05, 3.63) is 78.4 Å². The number of aromatic nitrogens is 6. The fourth-order valence-corrected chi connectivity index (χ4v) is 8.69. The molecule has 17 heteroatoms. The molecule has 0 amide bonds. The van der Waals surface area contributed by atoms with Crippen molar-refractivity contribution in [2.75, 3.05) is 111 Å². The Balaban J connectivity index is 0.000000165. The minimum atomic E-state index is -0.378. The second kappa shape index (κ2) is 19.5. The first kappa shape index (κ1) is 44.0. The van der Waals surface area contributed by atoms with Gasteiger partial charge in [0.2, 0.25) is 11.9 Å². The highest BCUT2D eigenvalue weighted by molar-refractivity contribution is 5.93. The number of pyridine rings is 2. The molecule has 4 atom stereocenters. The van der Waals surface area contributed by atoms with Crippen LogP contribution < -0.4 is 25.3 Å². The van der Waals surface area contributed by atoms with Gasteiger partial charge in [-0.15, -0.1) is 0 Å². The van der Waals surface area contributed by atoms with Crippen LogP contribution in [-0.4, -0.2) is 146 Å². The summed E-state index contributed by atoms with van der Waals surface area (Å²) in [6, 6.07) is 23.9. The van der Waals surface area contributed by atoms with Crippen molar-refractivity contribution in [1.29, 1.82) is 0 Å². The average Bonchev–Trinajstić information content (AvgIpc) is 3.34. The van der Waals surface area contributed by atoms with Gasteiger partial charge >= 0.3 is 5.97 Å². The van der Waals surface area contributed by atoms with Gasteiger partial charge in [0.15, 0.2) is 11.3 Å². The predicted octanol–water partition coefficient (Wildman–Crippen LogP) is 5.65. The number of carbonyl (C=O) groups is 1. The van der Waals surface area contributed by atoms with Crippen molar-refractivity contribution in [2.45, 2.75) is 51.9 Å². The Morgan fingerprint density at radius 2 is 1.00 bits per heavy atom. The Hall–Kier alpha value is -6.27. The second-order valence-corrected chi connectivity index (χ2v) is 17.0. The largest absolute Gasteiger partial charge is 0.465 e. The maximum Gasteiger partial charge on any atom is 0.337 e. The molecular weight excluding hydrogens is 827 g/mol. The quantitative estimate of drug-likeness (QED) is 0.153. The monoisotopic (exact) mass is 883 g/mol. The minimum Gasteiger partial charge on any atom is -0.465 e. The first-order valence-electron chi connectivity index (χ1n) is 22.4. The van der Waals surface area contributed by atoms with Crippen LogP contribution in [0.4, 0.5) is 29.2 Å². The zero-order valence-electron chi connectivity index (χ0n) is 37.7. The number of ether oxygens (including phenoxy) is 5. The van der Waals surface area contributed by atoms with E-state index in [1.54, 1.807) is 12.1 Å². The van der Waals surface area contributed by atoms with Crippen LogP contribution in [0.25, 0.3) is 44.6 Å². The highest BCUT2D eigenvalue weighted by Gasteiger charge is 2.30. The molecule has 8 heterocycles. The van der Waals surface area contributed by atoms with Gasteiger partial charge in [-0.2, -0.15) is 19.9 Å². The lowest BCUT2D eigenvalue weighted by molar-refractivity contribution is 0.0600. The van der Waals surface area contributed by atoms with E-state index in [0.717, 1.165) is 76.8 Å². The molecule has 0 bridgehead atoms. The number of nitrogen functional groups attached to an aromatic ring is 1. The molecule has 4 aliphatic rings. The summed E-state index contributed by atoms with van der Waals surface area (Å²) in [4.78, 5) is 50.7. The van der Waals surface area contributed by atoms with Crippen molar-refractivity contribution in [3.8, 4) is 22.5 Å². The molecule has 65 heavy (non-hydrogen) atoms. The third kappa shape index (κ3) is 9.45. The van der Waals surface area contributed by atoms with Crippen LogP contribution in [0.2, 0.25) is 0 Å². The Bertz CT molecular complexity index is 2640. The zero-order chi connectivity index (χ0) is 45.0. The van der Waals surface area contributed by atoms with E-state index in [0.29, 0.717) is 81.6 Å². The van der Waals surface area contributed by atoms with Gasteiger partial charge in [0.25, 0.3) is 0 Å². The third-order valence-corrected chi connectivity index (χ3v) is 12.4. The number of esters is 1. The van der Waals surface area contributed by atoms with Crippen LogP contribution in [0.15, 0.2) is 72.8 Å². The van der Waals surface area contributed by atoms with Crippen LogP contribution in [0.3, 0.4) is 0 Å². The number of morpholine rings is 4. The SMILES string of the molecule is COC(=O)c1cccc(-c2ccc3c(N4CCOC[C@@H]4C)nc(N4CCOC[C@@H]4C)nc3n2)c1.C[C@H]1COCCN1c1nc(N2CCOC[C@@H]2C)c2ccc(-c3ccc(N)cc3)nc2n1. The van der Waals surface area contributed by atoms with Gasteiger partial charge in [-0.1, -0.05) is 24.3 Å². The molecule has 0 aliphatic carbocycles. The van der Waals surface area contributed by atoms with Crippen molar-refractivity contribution in [2.24, 2.45) is 0 Å². The number of carbonyl (C=O) groups excluding carboxylic acids is 1. The van der Waals surface area contributed by atoms with Gasteiger partial charge < -0.3 is 49.0 Å². The lowest BCUT2D eigenvalue weighted by atomic mass is 10.1. The molecule has 10 rings (SSSR count). The molecule has 17 nitrogen and oxygen atoms in total. The molecule has 4 saturated heterocycles. The number of anilines is 5. The summed E-state index contributed by atoms with van der Waals surface area (Å²) in [5.41, 5.74) is 11.8. The Kier molecular flexibility index (Phi) is 13.2. The highest BCUT2D eigenvalue weighted by atomic mass is 16.5. The molecule has 6 aromatic rings. The van der Waals surface area contributed by atoms with E-state index in [-0.39, 0.29) is 30.1 Å². The summed E-state index contributed by atoms with van der Waals surface area (Å²) >= 11 is 0. The fourth-order valence-electron chi connectivity index (χ4n) is 8.69. The number of benzene rings is 2. The maximum atomic E-state index is 12.0.